The van der Waals surface area contributed by atoms with Gasteiger partial charge >= 0.3 is 0 Å². The van der Waals surface area contributed by atoms with Crippen LogP contribution in [0.5, 0.6) is 0 Å². The Balaban J connectivity index is 0. The molecule has 0 aromatic rings. The molecule has 4 nitrogen and oxygen atoms in total. The number of nitrogens with zero attached hydrogens (tertiary/aromatic N) is 1. The van der Waals surface area contributed by atoms with Crippen LogP contribution in [0, 0.1) is 0 Å². The van der Waals surface area contributed by atoms with Crippen LogP contribution in [0.25, 0.3) is 0 Å². The second kappa shape index (κ2) is 32.3. The largest absolute Gasteiger partial charge is 0.748 e. The van der Waals surface area contributed by atoms with Gasteiger partial charge in [-0.15, -0.1) is 0 Å². The summed E-state index contributed by atoms with van der Waals surface area (Å²) in [5, 5.41) is -0.649. The molecule has 0 radical (unpaired) electrons. The highest BCUT2D eigenvalue weighted by Crippen LogP contribution is 2.20. The van der Waals surface area contributed by atoms with Crippen LogP contribution >= 0.6 is 0 Å². The second-order valence-corrected chi connectivity index (χ2v) is 14.7. The van der Waals surface area contributed by atoms with E-state index < -0.39 is 15.4 Å². The van der Waals surface area contributed by atoms with Crippen molar-refractivity contribution in [3.05, 3.63) is 0 Å². The summed E-state index contributed by atoms with van der Waals surface area (Å²) in [6.07, 6.45) is 31.7. The van der Waals surface area contributed by atoms with E-state index in [1.165, 1.54) is 159 Å². The van der Waals surface area contributed by atoms with Gasteiger partial charge in [-0.25, -0.2) is 8.42 Å². The molecular formula is C37H79NO3S. The lowest BCUT2D eigenvalue weighted by molar-refractivity contribution is -0.921. The zero-order chi connectivity index (χ0) is 31.8. The summed E-state index contributed by atoms with van der Waals surface area (Å²) in [5.41, 5.74) is 0. The highest BCUT2D eigenvalue weighted by Gasteiger charge is 2.16. The normalized spacial score (nSPS) is 12.7. The zero-order valence-electron chi connectivity index (χ0n) is 29.9. The van der Waals surface area contributed by atoms with E-state index in [0.29, 0.717) is 12.8 Å². The first-order chi connectivity index (χ1) is 20.3. The molecule has 0 bridgehead atoms. The van der Waals surface area contributed by atoms with E-state index in [1.807, 2.05) is 0 Å². The summed E-state index contributed by atoms with van der Waals surface area (Å²) >= 11 is 0. The van der Waals surface area contributed by atoms with E-state index in [1.54, 1.807) is 0 Å². The minimum Gasteiger partial charge on any atom is -0.748 e. The molecule has 0 saturated heterocycles. The third-order valence-electron chi connectivity index (χ3n) is 9.85. The van der Waals surface area contributed by atoms with E-state index in [2.05, 4.69) is 41.5 Å². The minimum absolute atomic E-state index is 0.569. The van der Waals surface area contributed by atoms with Crippen LogP contribution < -0.4 is 0 Å². The molecule has 42 heavy (non-hydrogen) atoms. The maximum Gasteiger partial charge on any atom is 0.0975 e. The van der Waals surface area contributed by atoms with Crippen molar-refractivity contribution >= 4 is 10.1 Å². The summed E-state index contributed by atoms with van der Waals surface area (Å²) < 4.78 is 36.1. The van der Waals surface area contributed by atoms with Gasteiger partial charge in [0.2, 0.25) is 0 Å². The SMILES string of the molecule is CCCCCCCCCCCCCCCCCCC(CCCCCCCCCC)S(=O)(=O)[O-].CC[N+](CC)(CC)CC. The molecule has 256 valence electrons. The average molecular weight is 618 g/mol. The van der Waals surface area contributed by atoms with Gasteiger partial charge in [0.15, 0.2) is 0 Å². The third kappa shape index (κ3) is 28.6. The smallest absolute Gasteiger partial charge is 0.0975 e. The van der Waals surface area contributed by atoms with Gasteiger partial charge in [0, 0.05) is 5.25 Å². The van der Waals surface area contributed by atoms with E-state index >= 15 is 0 Å². The van der Waals surface area contributed by atoms with Crippen LogP contribution in [0.2, 0.25) is 0 Å². The molecular weight excluding hydrogens is 538 g/mol. The predicted molar refractivity (Wildman–Crippen MR) is 187 cm³/mol. The van der Waals surface area contributed by atoms with Gasteiger partial charge in [-0.2, -0.15) is 0 Å². The Bertz CT molecular complexity index is 601. The molecule has 0 aromatic carbocycles. The molecule has 0 aliphatic carbocycles. The summed E-state index contributed by atoms with van der Waals surface area (Å²) in [6, 6.07) is 0. The molecule has 0 fully saturated rings. The first kappa shape index (κ1) is 44.0. The Morgan fingerprint density at radius 2 is 0.619 bits per heavy atom. The lowest BCUT2D eigenvalue weighted by Crippen LogP contribution is -2.47. The Morgan fingerprint density at radius 1 is 0.405 bits per heavy atom. The fourth-order valence-corrected chi connectivity index (χ4v) is 7.11. The summed E-state index contributed by atoms with van der Waals surface area (Å²) in [6.45, 7) is 18.7. The maximum absolute atomic E-state index is 11.6. The topological polar surface area (TPSA) is 57.2 Å². The second-order valence-electron chi connectivity index (χ2n) is 13.1. The van der Waals surface area contributed by atoms with Crippen LogP contribution in [-0.2, 0) is 10.1 Å². The van der Waals surface area contributed by atoms with E-state index in [4.69, 9.17) is 0 Å². The summed E-state index contributed by atoms with van der Waals surface area (Å²) in [7, 11) is -4.14. The van der Waals surface area contributed by atoms with Gasteiger partial charge in [-0.1, -0.05) is 168 Å². The average Bonchev–Trinajstić information content (AvgIpc) is 2.98. The number of quaternary nitrogens is 1. The molecule has 0 aliphatic heterocycles. The molecule has 0 rings (SSSR count). The summed E-state index contributed by atoms with van der Waals surface area (Å²) in [4.78, 5) is 0. The molecule has 0 amide bonds. The molecule has 0 saturated carbocycles. The fourth-order valence-electron chi connectivity index (χ4n) is 6.20. The van der Waals surface area contributed by atoms with Gasteiger partial charge in [0.1, 0.15) is 0 Å². The van der Waals surface area contributed by atoms with E-state index in [9.17, 15) is 13.0 Å². The van der Waals surface area contributed by atoms with Gasteiger partial charge in [-0.3, -0.25) is 0 Å². The van der Waals surface area contributed by atoms with E-state index in [-0.39, 0.29) is 0 Å². The van der Waals surface area contributed by atoms with Crippen LogP contribution in [0.3, 0.4) is 0 Å². The van der Waals surface area contributed by atoms with Crippen molar-refractivity contribution in [2.75, 3.05) is 26.2 Å². The zero-order valence-corrected chi connectivity index (χ0v) is 30.7. The molecule has 0 spiro atoms. The Hall–Kier alpha value is -0.130. The predicted octanol–water partition coefficient (Wildman–Crippen LogP) is 12.0. The van der Waals surface area contributed by atoms with Crippen molar-refractivity contribution < 1.29 is 17.5 Å². The Kier molecular flexibility index (Phi) is 33.8. The molecule has 0 aromatic heterocycles. The van der Waals surface area contributed by atoms with Crippen LogP contribution in [0.15, 0.2) is 0 Å². The van der Waals surface area contributed by atoms with Crippen LogP contribution in [-0.4, -0.2) is 48.9 Å². The molecule has 1 unspecified atom stereocenters. The van der Waals surface area contributed by atoms with Crippen molar-refractivity contribution in [2.45, 2.75) is 214 Å². The number of rotatable bonds is 31. The highest BCUT2D eigenvalue weighted by atomic mass is 32.2. The van der Waals surface area contributed by atoms with Gasteiger partial charge < -0.3 is 9.04 Å². The van der Waals surface area contributed by atoms with Gasteiger partial charge in [-0.05, 0) is 40.5 Å². The number of hydrogen-bond acceptors (Lipinski definition) is 3. The first-order valence-electron chi connectivity index (χ1n) is 19.1. The van der Waals surface area contributed by atoms with Crippen molar-refractivity contribution in [3.8, 4) is 0 Å². The number of hydrogen-bond donors (Lipinski definition) is 0. The molecule has 5 heteroatoms. The lowest BCUT2D eigenvalue weighted by Gasteiger charge is -2.34. The molecule has 0 N–H and O–H groups in total. The van der Waals surface area contributed by atoms with Gasteiger partial charge in [0.05, 0.1) is 36.3 Å². The lowest BCUT2D eigenvalue weighted by atomic mass is 10.0. The Labute approximate surface area is 266 Å². The Morgan fingerprint density at radius 3 is 0.786 bits per heavy atom. The number of unbranched alkanes of at least 4 members (excludes halogenated alkanes) is 22. The van der Waals surface area contributed by atoms with Crippen molar-refractivity contribution in [1.82, 2.24) is 0 Å². The van der Waals surface area contributed by atoms with Crippen molar-refractivity contribution in [3.63, 3.8) is 0 Å². The summed E-state index contributed by atoms with van der Waals surface area (Å²) in [5.74, 6) is 0. The van der Waals surface area contributed by atoms with E-state index in [0.717, 1.165) is 25.7 Å². The fraction of sp³-hybridized carbons (Fsp3) is 1.00. The highest BCUT2D eigenvalue weighted by molar-refractivity contribution is 7.86. The maximum atomic E-state index is 11.6. The van der Waals surface area contributed by atoms with Crippen LogP contribution in [0.4, 0.5) is 0 Å². The monoisotopic (exact) mass is 618 g/mol. The van der Waals surface area contributed by atoms with Crippen LogP contribution in [0.1, 0.15) is 208 Å². The molecule has 1 atom stereocenters. The third-order valence-corrected chi connectivity index (χ3v) is 11.1. The molecule has 0 heterocycles. The van der Waals surface area contributed by atoms with Crippen molar-refractivity contribution in [1.29, 1.82) is 0 Å². The molecule has 0 aliphatic rings. The first-order valence-corrected chi connectivity index (χ1v) is 20.5. The standard InChI is InChI=1S/C29H60O3S.C8H20N/c1-3-5-7-9-11-13-14-15-16-17-18-19-20-22-24-26-28-29(33(30,31)32)27-25-23-21-12-10-8-6-4-2;1-5-9(6-2,7-3)8-4/h29H,3-28H2,1-2H3,(H,30,31,32);5-8H2,1-4H3/q;+1/p-1. The minimum atomic E-state index is -4.14. The quantitative estimate of drug-likeness (QED) is 0.0441. The van der Waals surface area contributed by atoms with Crippen molar-refractivity contribution in [2.24, 2.45) is 0 Å². The van der Waals surface area contributed by atoms with Gasteiger partial charge in [0.25, 0.3) is 0 Å².